The van der Waals surface area contributed by atoms with Crippen LogP contribution in [0.3, 0.4) is 0 Å². The Balaban J connectivity index is 1.91. The van der Waals surface area contributed by atoms with Crippen molar-refractivity contribution in [1.29, 1.82) is 0 Å². The number of benzene rings is 3. The zero-order valence-electron chi connectivity index (χ0n) is 20.0. The van der Waals surface area contributed by atoms with Gasteiger partial charge in [0.1, 0.15) is 17.0 Å². The largest absolute Gasteiger partial charge is 0.496 e. The third-order valence-electron chi connectivity index (χ3n) is 5.99. The Hall–Kier alpha value is -3.61. The van der Waals surface area contributed by atoms with Crippen molar-refractivity contribution in [2.75, 3.05) is 20.8 Å². The van der Waals surface area contributed by atoms with Crippen LogP contribution >= 0.6 is 0 Å². The van der Waals surface area contributed by atoms with Gasteiger partial charge in [0.05, 0.1) is 20.8 Å². The fourth-order valence-corrected chi connectivity index (χ4v) is 3.71. The predicted molar refractivity (Wildman–Crippen MR) is 135 cm³/mol. The van der Waals surface area contributed by atoms with E-state index in [1.807, 2.05) is 42.5 Å². The average molecular weight is 462 g/mol. The second-order valence-electron chi connectivity index (χ2n) is 8.27. The van der Waals surface area contributed by atoms with E-state index < -0.39 is 18.1 Å². The molecule has 0 aliphatic rings. The van der Waals surface area contributed by atoms with Crippen molar-refractivity contribution in [2.24, 2.45) is 0 Å². The van der Waals surface area contributed by atoms with Gasteiger partial charge in [0.15, 0.2) is 0 Å². The molecule has 3 N–H and O–H groups in total. The van der Waals surface area contributed by atoms with Crippen molar-refractivity contribution < 1.29 is 24.5 Å². The van der Waals surface area contributed by atoms with Crippen LogP contribution in [0.15, 0.2) is 60.7 Å². The molecule has 1 atom stereocenters. The van der Waals surface area contributed by atoms with Gasteiger partial charge in [-0.1, -0.05) is 60.7 Å². The average Bonchev–Trinajstić information content (AvgIpc) is 2.86. The second-order valence-corrected chi connectivity index (χ2v) is 8.27. The minimum Gasteiger partial charge on any atom is -0.496 e. The number of nitrogens with one attached hydrogen (secondary N) is 1. The highest BCUT2D eigenvalue weighted by Gasteiger charge is 2.32. The molecule has 0 bridgehead atoms. The summed E-state index contributed by atoms with van der Waals surface area (Å²) in [7, 11) is 3.11. The van der Waals surface area contributed by atoms with E-state index in [0.29, 0.717) is 17.1 Å². The Kier molecular flexibility index (Phi) is 8.10. The predicted octanol–water partition coefficient (Wildman–Crippen LogP) is 4.77. The monoisotopic (exact) mass is 461 g/mol. The van der Waals surface area contributed by atoms with Crippen LogP contribution in [0, 0.1) is 6.92 Å². The molecule has 3 aromatic carbocycles. The highest BCUT2D eigenvalue weighted by Crippen LogP contribution is 2.32. The lowest BCUT2D eigenvalue weighted by atomic mass is 9.96. The summed E-state index contributed by atoms with van der Waals surface area (Å²) in [5.41, 5.74) is 4.72. The molecule has 0 unspecified atom stereocenters. The number of ether oxygens (including phenoxy) is 2. The summed E-state index contributed by atoms with van der Waals surface area (Å²) in [4.78, 5) is 11.5. The van der Waals surface area contributed by atoms with Gasteiger partial charge in [0, 0.05) is 12.1 Å². The molecule has 0 saturated carbocycles. The summed E-state index contributed by atoms with van der Waals surface area (Å²) >= 11 is 0. The summed E-state index contributed by atoms with van der Waals surface area (Å²) in [6, 6.07) is 20.3. The number of methoxy groups -OCH3 is 2. The zero-order valence-corrected chi connectivity index (χ0v) is 20.0. The minimum absolute atomic E-state index is 0.151. The van der Waals surface area contributed by atoms with Gasteiger partial charge in [-0.05, 0) is 53.8 Å². The van der Waals surface area contributed by atoms with Crippen LogP contribution in [0.5, 0.6) is 11.5 Å². The Labute approximate surface area is 200 Å². The molecule has 0 spiro atoms. The smallest absolute Gasteiger partial charge is 0.326 e. The lowest BCUT2D eigenvalue weighted by Crippen LogP contribution is -2.52. The number of rotatable bonds is 10. The first-order valence-electron chi connectivity index (χ1n) is 11.0. The van der Waals surface area contributed by atoms with Crippen molar-refractivity contribution in [3.05, 3.63) is 82.9 Å². The van der Waals surface area contributed by atoms with Crippen molar-refractivity contribution in [3.63, 3.8) is 0 Å². The van der Waals surface area contributed by atoms with Gasteiger partial charge in [-0.2, -0.15) is 0 Å². The third-order valence-corrected chi connectivity index (χ3v) is 5.99. The molecule has 0 aliphatic carbocycles. The van der Waals surface area contributed by atoms with E-state index in [0.717, 1.165) is 11.1 Å². The van der Waals surface area contributed by atoms with Gasteiger partial charge in [0.25, 0.3) is 0 Å². The van der Waals surface area contributed by atoms with E-state index in [9.17, 15) is 15.0 Å². The van der Waals surface area contributed by atoms with Crippen molar-refractivity contribution in [2.45, 2.75) is 25.9 Å². The normalized spacial score (nSPS) is 13.0. The van der Waals surface area contributed by atoms with E-state index in [-0.39, 0.29) is 6.54 Å². The highest BCUT2D eigenvalue weighted by molar-refractivity contribution is 5.79. The summed E-state index contributed by atoms with van der Waals surface area (Å²) in [6.07, 6.45) is 4.05. The van der Waals surface area contributed by atoms with Crippen LogP contribution in [0.1, 0.15) is 29.2 Å². The number of hydrogen-bond donors (Lipinski definition) is 3. The Morgan fingerprint density at radius 2 is 1.65 bits per heavy atom. The molecular formula is C28H31NO5. The molecule has 6 nitrogen and oxygen atoms in total. The molecule has 0 aromatic heterocycles. The number of carboxylic acids is 1. The maximum atomic E-state index is 11.5. The molecule has 178 valence electrons. The Morgan fingerprint density at radius 1 is 1.00 bits per heavy atom. The van der Waals surface area contributed by atoms with Gasteiger partial charge >= 0.3 is 5.97 Å². The van der Waals surface area contributed by atoms with Gasteiger partial charge in [-0.15, -0.1) is 0 Å². The molecule has 0 amide bonds. The van der Waals surface area contributed by atoms with Gasteiger partial charge in [0.2, 0.25) is 0 Å². The molecule has 0 saturated heterocycles. The van der Waals surface area contributed by atoms with E-state index >= 15 is 0 Å². The summed E-state index contributed by atoms with van der Waals surface area (Å²) in [5, 5.41) is 21.8. The third kappa shape index (κ3) is 5.47. The fraction of sp³-hybridized carbons (Fsp3) is 0.250. The first-order valence-corrected chi connectivity index (χ1v) is 11.0. The number of carboxylic acid groups (broad SMARTS) is 1. The maximum absolute atomic E-state index is 11.5. The lowest BCUT2D eigenvalue weighted by molar-refractivity contribution is -0.145. The van der Waals surface area contributed by atoms with Gasteiger partial charge in [-0.25, -0.2) is 0 Å². The molecule has 0 heterocycles. The number of carbonyl (C=O) groups is 1. The molecule has 0 radical (unpaired) electrons. The highest BCUT2D eigenvalue weighted by atomic mass is 16.5. The van der Waals surface area contributed by atoms with E-state index in [2.05, 4.69) is 42.6 Å². The molecule has 6 heteroatoms. The molecule has 3 rings (SSSR count). The van der Waals surface area contributed by atoms with Crippen LogP contribution in [-0.4, -0.2) is 42.5 Å². The van der Waals surface area contributed by atoms with Crippen molar-refractivity contribution in [3.8, 4) is 22.6 Å². The first kappa shape index (κ1) is 25.0. The molecule has 34 heavy (non-hydrogen) atoms. The number of hydrogen-bond acceptors (Lipinski definition) is 5. The van der Waals surface area contributed by atoms with Gasteiger partial charge < -0.3 is 19.7 Å². The Bertz CT molecular complexity index is 1150. The van der Waals surface area contributed by atoms with Crippen LogP contribution in [-0.2, 0) is 11.3 Å². The standard InChI is InChI=1S/C28H31NO5/c1-19-21(11-8-12-23(19)22-9-6-5-7-10-22)14-13-20-15-25(33-3)24(26(16-20)34-4)17-29-28(2,18-30)27(31)32/h5-16,29-30H,17-18H2,1-4H3,(H,31,32)/b14-13+/t28-/m0/s1. The van der Waals surface area contributed by atoms with Crippen LogP contribution < -0.4 is 14.8 Å². The van der Waals surface area contributed by atoms with Crippen molar-refractivity contribution >= 4 is 18.1 Å². The summed E-state index contributed by atoms with van der Waals surface area (Å²) in [6.45, 7) is 3.14. The topological polar surface area (TPSA) is 88.0 Å². The van der Waals surface area contributed by atoms with E-state index in [1.54, 1.807) is 14.2 Å². The first-order chi connectivity index (χ1) is 16.3. The van der Waals surface area contributed by atoms with E-state index in [4.69, 9.17) is 9.47 Å². The summed E-state index contributed by atoms with van der Waals surface area (Å²) < 4.78 is 11.2. The second kappa shape index (κ2) is 11.0. The molecule has 3 aromatic rings. The van der Waals surface area contributed by atoms with Crippen LogP contribution in [0.2, 0.25) is 0 Å². The SMILES string of the molecule is COc1cc(/C=C/c2cccc(-c3ccccc3)c2C)cc(OC)c1CN[C@@](C)(CO)C(=O)O. The maximum Gasteiger partial charge on any atom is 0.326 e. The van der Waals surface area contributed by atoms with Gasteiger partial charge in [-0.3, -0.25) is 10.1 Å². The lowest BCUT2D eigenvalue weighted by Gasteiger charge is -2.25. The van der Waals surface area contributed by atoms with Crippen LogP contribution in [0.4, 0.5) is 0 Å². The zero-order chi connectivity index (χ0) is 24.7. The minimum atomic E-state index is -1.48. The number of aliphatic hydroxyl groups is 1. The van der Waals surface area contributed by atoms with Crippen molar-refractivity contribution in [1.82, 2.24) is 5.32 Å². The summed E-state index contributed by atoms with van der Waals surface area (Å²) in [5.74, 6) is -0.0144. The molecule has 0 aliphatic heterocycles. The van der Waals surface area contributed by atoms with E-state index in [1.165, 1.54) is 23.6 Å². The quantitative estimate of drug-likeness (QED) is 0.377. The fourth-order valence-electron chi connectivity index (χ4n) is 3.71. The number of aliphatic hydroxyl groups excluding tert-OH is 1. The molecule has 0 fully saturated rings. The van der Waals surface area contributed by atoms with Crippen LogP contribution in [0.25, 0.3) is 23.3 Å². The Morgan fingerprint density at radius 3 is 2.21 bits per heavy atom. The number of aliphatic carboxylic acids is 1. The molecular weight excluding hydrogens is 430 g/mol.